The van der Waals surface area contributed by atoms with Gasteiger partial charge in [-0.05, 0) is 119 Å². The van der Waals surface area contributed by atoms with Crippen molar-refractivity contribution in [1.82, 2.24) is 0 Å². The number of fused-ring (bicyclic) bond motifs is 2. The van der Waals surface area contributed by atoms with Crippen LogP contribution in [0.1, 0.15) is 358 Å². The second-order valence-electron chi connectivity index (χ2n) is 25.7. The molecule has 0 spiro atoms. The third-order valence-electron chi connectivity index (χ3n) is 18.1. The van der Waals surface area contributed by atoms with Crippen molar-refractivity contribution in [2.24, 2.45) is 0 Å². The molecule has 0 aliphatic rings. The zero-order valence-electron chi connectivity index (χ0n) is 55.5. The molecule has 0 heterocycles. The van der Waals surface area contributed by atoms with Crippen molar-refractivity contribution in [1.29, 1.82) is 0 Å². The first-order valence-electron chi connectivity index (χ1n) is 35.9. The Hall–Kier alpha value is -1.21. The quantitative estimate of drug-likeness (QED) is 0.0247. The molecule has 0 saturated carbocycles. The molecule has 0 fully saturated rings. The molecule has 4 rings (SSSR count). The third kappa shape index (κ3) is 38.3. The van der Waals surface area contributed by atoms with Crippen molar-refractivity contribution in [3.63, 3.8) is 0 Å². The van der Waals surface area contributed by atoms with E-state index in [1.54, 1.807) is 12.1 Å². The normalized spacial score (nSPS) is 11.8. The van der Waals surface area contributed by atoms with Gasteiger partial charge < -0.3 is 9.11 Å². The number of aryl methyl sites for hydroxylation is 4. The molecule has 0 amide bonds. The van der Waals surface area contributed by atoms with Crippen molar-refractivity contribution >= 4 is 90.7 Å². The average molecular weight is 1340 g/mol. The molecule has 0 bridgehead atoms. The van der Waals surface area contributed by atoms with Crippen LogP contribution in [0.25, 0.3) is 21.5 Å². The van der Waals surface area contributed by atoms with Crippen LogP contribution >= 0.6 is 0 Å². The summed E-state index contributed by atoms with van der Waals surface area (Å²) in [6.45, 7) is 9.10. The van der Waals surface area contributed by atoms with E-state index >= 15 is 0 Å². The summed E-state index contributed by atoms with van der Waals surface area (Å²) in [7, 11) is -8.99. The van der Waals surface area contributed by atoms with E-state index in [1.165, 1.54) is 330 Å². The minimum atomic E-state index is -4.50. The van der Waals surface area contributed by atoms with Gasteiger partial charge in [-0.25, -0.2) is 16.8 Å². The SMILES string of the molecule is CCCCCCCCCCCCCCc1cc2cccc(S(=O)(=O)[O-])c2cc1CCCCCCCCCCCCCC.CCCCCCCCCCCCCCc1cc2cccc(S(=O)(=O)[O-])c2cc1CCCCCCCCCCCCCC.[Ba+2]. The minimum absolute atomic E-state index is 0. The van der Waals surface area contributed by atoms with Crippen LogP contribution in [0.15, 0.2) is 70.5 Å². The van der Waals surface area contributed by atoms with Crippen LogP contribution in [0.3, 0.4) is 0 Å². The topological polar surface area (TPSA) is 114 Å². The fourth-order valence-corrected chi connectivity index (χ4v) is 14.2. The van der Waals surface area contributed by atoms with Gasteiger partial charge in [0.2, 0.25) is 0 Å². The van der Waals surface area contributed by atoms with Gasteiger partial charge in [0, 0.05) is 0 Å². The molecule has 85 heavy (non-hydrogen) atoms. The van der Waals surface area contributed by atoms with Gasteiger partial charge in [0.15, 0.2) is 0 Å². The Morgan fingerprint density at radius 3 is 0.624 bits per heavy atom. The molecule has 4 aromatic carbocycles. The van der Waals surface area contributed by atoms with E-state index in [0.717, 1.165) is 49.3 Å². The molecule has 0 radical (unpaired) electrons. The Morgan fingerprint density at radius 1 is 0.259 bits per heavy atom. The second-order valence-corrected chi connectivity index (χ2v) is 28.4. The van der Waals surface area contributed by atoms with Gasteiger partial charge in [0.1, 0.15) is 20.2 Å². The van der Waals surface area contributed by atoms with Crippen LogP contribution < -0.4 is 0 Å². The standard InChI is InChI=1S/2C38H64O3S.Ba/c2*1-3-5-7-9-11-13-15-17-19-21-23-25-28-34-32-36-30-27-31-38(42(39,40)41)37(36)33-35(34)29-26-24-22-20-18-16-14-12-10-8-6-4-2;/h2*27,30-33H,3-26,28-29H2,1-2H3,(H,39,40,41);/q;;+2/p-2. The Kier molecular flexibility index (Phi) is 49.3. The predicted molar refractivity (Wildman–Crippen MR) is 369 cm³/mol. The van der Waals surface area contributed by atoms with Gasteiger partial charge in [-0.2, -0.15) is 0 Å². The Labute approximate surface area is 565 Å². The summed E-state index contributed by atoms with van der Waals surface area (Å²) in [6, 6.07) is 18.6. The zero-order valence-corrected chi connectivity index (χ0v) is 61.6. The summed E-state index contributed by atoms with van der Waals surface area (Å²) in [4.78, 5) is -0.152. The summed E-state index contributed by atoms with van der Waals surface area (Å²) in [5.41, 5.74) is 5.18. The van der Waals surface area contributed by atoms with E-state index in [4.69, 9.17) is 0 Å². The van der Waals surface area contributed by atoms with E-state index in [0.29, 0.717) is 10.8 Å². The maximum Gasteiger partial charge on any atom is 2.00 e. The van der Waals surface area contributed by atoms with Crippen LogP contribution in [0, 0.1) is 0 Å². The van der Waals surface area contributed by atoms with Crippen molar-refractivity contribution < 1.29 is 25.9 Å². The van der Waals surface area contributed by atoms with Gasteiger partial charge in [-0.15, -0.1) is 0 Å². The molecule has 9 heteroatoms. The first-order valence-corrected chi connectivity index (χ1v) is 38.8. The molecule has 6 nitrogen and oxygen atoms in total. The van der Waals surface area contributed by atoms with E-state index in [1.807, 2.05) is 24.3 Å². The van der Waals surface area contributed by atoms with Crippen molar-refractivity contribution in [2.45, 2.75) is 371 Å². The van der Waals surface area contributed by atoms with E-state index in [2.05, 4.69) is 39.8 Å². The fourth-order valence-electron chi connectivity index (χ4n) is 12.8. The van der Waals surface area contributed by atoms with Crippen molar-refractivity contribution in [3.05, 3.63) is 82.9 Å². The molecule has 0 aliphatic heterocycles. The number of hydrogen-bond donors (Lipinski definition) is 0. The molecular weight excluding hydrogens is 1210 g/mol. The Balaban J connectivity index is 0.000000573. The fraction of sp³-hybridized carbons (Fsp3) is 0.737. The van der Waals surface area contributed by atoms with E-state index in [-0.39, 0.29) is 58.7 Å². The van der Waals surface area contributed by atoms with Crippen LogP contribution in [0.2, 0.25) is 0 Å². The molecule has 0 aliphatic carbocycles. The largest absolute Gasteiger partial charge is 2.00 e. The van der Waals surface area contributed by atoms with Gasteiger partial charge in [-0.1, -0.05) is 347 Å². The van der Waals surface area contributed by atoms with Crippen LogP contribution in [0.4, 0.5) is 0 Å². The minimum Gasteiger partial charge on any atom is -0.744 e. The molecular formula is C76H126BaO6S2. The number of hydrogen-bond acceptors (Lipinski definition) is 6. The van der Waals surface area contributed by atoms with Crippen LogP contribution in [-0.2, 0) is 45.9 Å². The van der Waals surface area contributed by atoms with Gasteiger partial charge in [-0.3, -0.25) is 0 Å². The predicted octanol–water partition coefficient (Wildman–Crippen LogP) is 24.1. The van der Waals surface area contributed by atoms with Crippen molar-refractivity contribution in [3.8, 4) is 0 Å². The first-order chi connectivity index (χ1) is 40.9. The monoisotopic (exact) mass is 1340 g/mol. The summed E-state index contributed by atoms with van der Waals surface area (Å²) in [6.07, 6.45) is 68.1. The number of unbranched alkanes of at least 4 members (excludes halogenated alkanes) is 44. The summed E-state index contributed by atoms with van der Waals surface area (Å²) in [5.74, 6) is 0. The third-order valence-corrected chi connectivity index (χ3v) is 19.8. The Bertz CT molecular complexity index is 2300. The van der Waals surface area contributed by atoms with E-state index < -0.39 is 20.2 Å². The smallest absolute Gasteiger partial charge is 0.744 e. The maximum atomic E-state index is 12.0. The van der Waals surface area contributed by atoms with Gasteiger partial charge >= 0.3 is 48.9 Å². The number of benzene rings is 4. The van der Waals surface area contributed by atoms with E-state index in [9.17, 15) is 25.9 Å². The molecule has 0 atom stereocenters. The van der Waals surface area contributed by atoms with Crippen molar-refractivity contribution in [2.75, 3.05) is 0 Å². The number of rotatable bonds is 54. The van der Waals surface area contributed by atoms with Gasteiger partial charge in [0.05, 0.1) is 9.79 Å². The van der Waals surface area contributed by atoms with Crippen LogP contribution in [-0.4, -0.2) is 74.8 Å². The summed E-state index contributed by atoms with van der Waals surface area (Å²) in [5, 5.41) is 2.94. The zero-order chi connectivity index (χ0) is 60.6. The molecule has 0 unspecified atom stereocenters. The summed E-state index contributed by atoms with van der Waals surface area (Å²) < 4.78 is 71.7. The maximum absolute atomic E-state index is 12.0. The molecule has 0 aromatic heterocycles. The van der Waals surface area contributed by atoms with Crippen LogP contribution in [0.5, 0.6) is 0 Å². The molecule has 4 aromatic rings. The summed E-state index contributed by atoms with van der Waals surface area (Å²) >= 11 is 0. The molecule has 0 saturated heterocycles. The van der Waals surface area contributed by atoms with Gasteiger partial charge in [0.25, 0.3) is 0 Å². The second kappa shape index (κ2) is 52.4. The first kappa shape index (κ1) is 79.9. The molecule has 0 N–H and O–H groups in total. The average Bonchev–Trinajstić information content (AvgIpc) is 3.65. The Morgan fingerprint density at radius 2 is 0.435 bits per heavy atom. The molecule has 480 valence electrons.